The monoisotopic (exact) mass is 250 g/mol. The van der Waals surface area contributed by atoms with Gasteiger partial charge in [0.1, 0.15) is 0 Å². The Morgan fingerprint density at radius 3 is 2.71 bits per heavy atom. The molecule has 0 spiro atoms. The Morgan fingerprint density at radius 1 is 1.35 bits per heavy atom. The van der Waals surface area contributed by atoms with E-state index in [4.69, 9.17) is 17.3 Å². The molecule has 88 valence electrons. The van der Waals surface area contributed by atoms with Crippen molar-refractivity contribution in [2.75, 3.05) is 6.54 Å². The average Bonchev–Trinajstić information content (AvgIpc) is 2.78. The molecular weight excluding hydrogens is 240 g/mol. The lowest BCUT2D eigenvalue weighted by molar-refractivity contribution is 0.103. The number of carbonyl (C=O) groups is 1. The van der Waals surface area contributed by atoms with Crippen molar-refractivity contribution >= 4 is 17.4 Å². The maximum Gasteiger partial charge on any atom is 0.214 e. The van der Waals surface area contributed by atoms with Crippen LogP contribution < -0.4 is 5.73 Å². The Bertz CT molecular complexity index is 521. The number of benzene rings is 1. The van der Waals surface area contributed by atoms with Crippen molar-refractivity contribution in [1.82, 2.24) is 15.0 Å². The number of halogens is 1. The number of rotatable bonds is 4. The van der Waals surface area contributed by atoms with Crippen LogP contribution in [0, 0.1) is 0 Å². The van der Waals surface area contributed by atoms with Crippen LogP contribution in [-0.4, -0.2) is 27.3 Å². The third kappa shape index (κ3) is 2.69. The molecule has 2 rings (SSSR count). The molecular formula is C11H11ClN4O. The van der Waals surface area contributed by atoms with E-state index < -0.39 is 0 Å². The molecule has 1 aromatic heterocycles. The lowest BCUT2D eigenvalue weighted by Gasteiger charge is -1.96. The molecule has 0 radical (unpaired) electrons. The Balaban J connectivity index is 2.21. The molecule has 0 saturated carbocycles. The topological polar surface area (TPSA) is 73.8 Å². The van der Waals surface area contributed by atoms with Crippen molar-refractivity contribution in [3.05, 3.63) is 46.7 Å². The van der Waals surface area contributed by atoms with Crippen LogP contribution in [0.2, 0.25) is 5.02 Å². The molecule has 0 bridgehead atoms. The van der Waals surface area contributed by atoms with Gasteiger partial charge in [-0.15, -0.1) is 5.10 Å². The first-order chi connectivity index (χ1) is 8.20. The van der Waals surface area contributed by atoms with Crippen LogP contribution in [-0.2, 0) is 6.54 Å². The number of hydrogen-bond acceptors (Lipinski definition) is 4. The average molecular weight is 251 g/mol. The molecule has 1 heterocycles. The minimum atomic E-state index is -0.176. The van der Waals surface area contributed by atoms with Crippen LogP contribution in [0.5, 0.6) is 0 Å². The summed E-state index contributed by atoms with van der Waals surface area (Å²) in [7, 11) is 0. The van der Waals surface area contributed by atoms with E-state index in [0.717, 1.165) is 0 Å². The van der Waals surface area contributed by atoms with E-state index in [1.165, 1.54) is 0 Å². The molecule has 2 aromatic rings. The van der Waals surface area contributed by atoms with Gasteiger partial charge in [-0.1, -0.05) is 16.8 Å². The Labute approximate surface area is 103 Å². The van der Waals surface area contributed by atoms with Gasteiger partial charge in [-0.3, -0.25) is 9.48 Å². The van der Waals surface area contributed by atoms with Gasteiger partial charge in [0.15, 0.2) is 5.69 Å². The predicted octanol–water partition coefficient (Wildman–Crippen LogP) is 1.12. The second kappa shape index (κ2) is 5.07. The SMILES string of the molecule is NCCn1cc(C(=O)c2ccc(Cl)cc2)nn1. The maximum atomic E-state index is 12.0. The molecule has 0 fully saturated rings. The molecule has 0 atom stereocenters. The zero-order valence-corrected chi connectivity index (χ0v) is 9.76. The molecule has 0 unspecified atom stereocenters. The third-order valence-electron chi connectivity index (χ3n) is 2.24. The van der Waals surface area contributed by atoms with Crippen molar-refractivity contribution in [3.8, 4) is 0 Å². The van der Waals surface area contributed by atoms with E-state index in [-0.39, 0.29) is 5.78 Å². The quantitative estimate of drug-likeness (QED) is 0.826. The van der Waals surface area contributed by atoms with Crippen LogP contribution in [0.4, 0.5) is 0 Å². The summed E-state index contributed by atoms with van der Waals surface area (Å²) >= 11 is 5.75. The number of carbonyl (C=O) groups excluding carboxylic acids is 1. The van der Waals surface area contributed by atoms with Crippen LogP contribution >= 0.6 is 11.6 Å². The van der Waals surface area contributed by atoms with Gasteiger partial charge in [-0.25, -0.2) is 0 Å². The van der Waals surface area contributed by atoms with Gasteiger partial charge in [0.25, 0.3) is 0 Å². The van der Waals surface area contributed by atoms with Crippen LogP contribution in [0.1, 0.15) is 16.1 Å². The van der Waals surface area contributed by atoms with Gasteiger partial charge < -0.3 is 5.73 Å². The van der Waals surface area contributed by atoms with E-state index in [1.54, 1.807) is 35.1 Å². The number of nitrogens with two attached hydrogens (primary N) is 1. The van der Waals surface area contributed by atoms with E-state index in [9.17, 15) is 4.79 Å². The van der Waals surface area contributed by atoms with E-state index in [2.05, 4.69) is 10.3 Å². The van der Waals surface area contributed by atoms with E-state index in [1.807, 2.05) is 0 Å². The fraction of sp³-hybridized carbons (Fsp3) is 0.182. The molecule has 0 aliphatic rings. The number of nitrogens with zero attached hydrogens (tertiary/aromatic N) is 3. The summed E-state index contributed by atoms with van der Waals surface area (Å²) in [6.45, 7) is 0.999. The number of hydrogen-bond donors (Lipinski definition) is 1. The maximum absolute atomic E-state index is 12.0. The molecule has 0 saturated heterocycles. The standard InChI is InChI=1S/C11H11ClN4O/c12-9-3-1-8(2-4-9)11(17)10-7-16(6-5-13)15-14-10/h1-4,7H,5-6,13H2. The lowest BCUT2D eigenvalue weighted by Crippen LogP contribution is -2.10. The van der Waals surface area contributed by atoms with Crippen LogP contribution in [0.25, 0.3) is 0 Å². The lowest BCUT2D eigenvalue weighted by atomic mass is 10.1. The number of aromatic nitrogens is 3. The summed E-state index contributed by atoms with van der Waals surface area (Å²) in [5.74, 6) is -0.176. The molecule has 6 heteroatoms. The molecule has 5 nitrogen and oxygen atoms in total. The molecule has 0 aliphatic carbocycles. The summed E-state index contributed by atoms with van der Waals surface area (Å²) < 4.78 is 1.54. The van der Waals surface area contributed by atoms with Crippen LogP contribution in [0.3, 0.4) is 0 Å². The number of ketones is 1. The zero-order valence-electron chi connectivity index (χ0n) is 9.01. The van der Waals surface area contributed by atoms with Crippen LogP contribution in [0.15, 0.2) is 30.5 Å². The molecule has 0 amide bonds. The molecule has 1 aromatic carbocycles. The molecule has 17 heavy (non-hydrogen) atoms. The fourth-order valence-electron chi connectivity index (χ4n) is 1.39. The predicted molar refractivity (Wildman–Crippen MR) is 64.0 cm³/mol. The molecule has 2 N–H and O–H groups in total. The second-order valence-electron chi connectivity index (χ2n) is 3.49. The summed E-state index contributed by atoms with van der Waals surface area (Å²) in [4.78, 5) is 12.0. The zero-order chi connectivity index (χ0) is 12.3. The van der Waals surface area contributed by atoms with Crippen molar-refractivity contribution in [1.29, 1.82) is 0 Å². The second-order valence-corrected chi connectivity index (χ2v) is 3.93. The van der Waals surface area contributed by atoms with Crippen molar-refractivity contribution in [2.24, 2.45) is 5.73 Å². The minimum Gasteiger partial charge on any atom is -0.329 e. The first kappa shape index (κ1) is 11.8. The van der Waals surface area contributed by atoms with Gasteiger partial charge in [0, 0.05) is 17.1 Å². The smallest absolute Gasteiger partial charge is 0.214 e. The normalized spacial score (nSPS) is 10.5. The Morgan fingerprint density at radius 2 is 2.06 bits per heavy atom. The van der Waals surface area contributed by atoms with Crippen molar-refractivity contribution in [3.63, 3.8) is 0 Å². The summed E-state index contributed by atoms with van der Waals surface area (Å²) in [5, 5.41) is 8.21. The largest absolute Gasteiger partial charge is 0.329 e. The highest BCUT2D eigenvalue weighted by Crippen LogP contribution is 2.12. The highest BCUT2D eigenvalue weighted by Gasteiger charge is 2.12. The van der Waals surface area contributed by atoms with Gasteiger partial charge in [0.2, 0.25) is 5.78 Å². The van der Waals surface area contributed by atoms with Gasteiger partial charge in [-0.05, 0) is 24.3 Å². The van der Waals surface area contributed by atoms with E-state index >= 15 is 0 Å². The van der Waals surface area contributed by atoms with Crippen molar-refractivity contribution in [2.45, 2.75) is 6.54 Å². The Hall–Kier alpha value is -1.72. The first-order valence-corrected chi connectivity index (χ1v) is 5.49. The first-order valence-electron chi connectivity index (χ1n) is 5.11. The summed E-state index contributed by atoms with van der Waals surface area (Å²) in [5.41, 5.74) is 6.23. The highest BCUT2D eigenvalue weighted by molar-refractivity contribution is 6.30. The molecule has 0 aliphatic heterocycles. The summed E-state index contributed by atoms with van der Waals surface area (Å²) in [6, 6.07) is 6.65. The third-order valence-corrected chi connectivity index (χ3v) is 2.49. The summed E-state index contributed by atoms with van der Waals surface area (Å²) in [6.07, 6.45) is 1.59. The van der Waals surface area contributed by atoms with E-state index in [0.29, 0.717) is 29.4 Å². The Kier molecular flexibility index (Phi) is 3.51. The van der Waals surface area contributed by atoms with Crippen molar-refractivity contribution < 1.29 is 4.79 Å². The highest BCUT2D eigenvalue weighted by atomic mass is 35.5. The minimum absolute atomic E-state index is 0.176. The van der Waals surface area contributed by atoms with Gasteiger partial charge in [-0.2, -0.15) is 0 Å². The van der Waals surface area contributed by atoms with Gasteiger partial charge >= 0.3 is 0 Å². The fourth-order valence-corrected chi connectivity index (χ4v) is 1.52. The van der Waals surface area contributed by atoms with Gasteiger partial charge in [0.05, 0.1) is 12.7 Å².